The Hall–Kier alpha value is -5.66. The number of hydrogen-bond donors (Lipinski definition) is 3. The lowest BCUT2D eigenvalue weighted by atomic mass is 10.1. The van der Waals surface area contributed by atoms with Gasteiger partial charge in [-0.05, 0) is 55.8 Å². The van der Waals surface area contributed by atoms with E-state index in [1.54, 1.807) is 43.6 Å². The van der Waals surface area contributed by atoms with Crippen LogP contribution in [0.25, 0.3) is 27.9 Å². The standard InChI is InChI=1S/C34H31N7O5S/c1-19-5-8-21(9-6-19)27-32(38-30(42)22-10-12-23(46-4)13-11-22)47-34(37-27)39-31(43)24-17-25-29(40(28(24)35)15-16-45-3)36-26-14-7-20(2)18-41(26)33(25)44/h5-14,17-18,35H,15-16H2,1-4H3,(H,38,42)(H,37,39,43). The maximum atomic E-state index is 13.8. The molecule has 238 valence electrons. The van der Waals surface area contributed by atoms with Gasteiger partial charge in [-0.3, -0.25) is 29.5 Å². The van der Waals surface area contributed by atoms with Crippen molar-refractivity contribution < 1.29 is 19.1 Å². The van der Waals surface area contributed by atoms with E-state index in [1.807, 2.05) is 44.2 Å². The number of nitrogens with one attached hydrogen (secondary N) is 3. The number of pyridine rings is 2. The van der Waals surface area contributed by atoms with Crippen LogP contribution in [0.5, 0.6) is 5.75 Å². The minimum atomic E-state index is -0.644. The Morgan fingerprint density at radius 3 is 2.34 bits per heavy atom. The Balaban J connectivity index is 1.40. The normalized spacial score (nSPS) is 11.1. The monoisotopic (exact) mass is 649 g/mol. The summed E-state index contributed by atoms with van der Waals surface area (Å²) in [5.41, 5.74) is 3.69. The molecule has 4 heterocycles. The van der Waals surface area contributed by atoms with Crippen LogP contribution in [-0.4, -0.2) is 51.6 Å². The predicted octanol–water partition coefficient (Wildman–Crippen LogP) is 5.03. The van der Waals surface area contributed by atoms with Gasteiger partial charge in [-0.25, -0.2) is 9.97 Å². The van der Waals surface area contributed by atoms with Gasteiger partial charge in [-0.15, -0.1) is 0 Å². The molecule has 0 saturated carbocycles. The van der Waals surface area contributed by atoms with E-state index in [0.717, 1.165) is 28.0 Å². The predicted molar refractivity (Wildman–Crippen MR) is 181 cm³/mol. The number of fused-ring (bicyclic) bond motifs is 2. The molecule has 6 rings (SSSR count). The van der Waals surface area contributed by atoms with Crippen LogP contribution in [0.15, 0.2) is 77.7 Å². The third kappa shape index (κ3) is 6.26. The summed E-state index contributed by atoms with van der Waals surface area (Å²) < 4.78 is 13.4. The number of carbonyl (C=O) groups is 2. The maximum absolute atomic E-state index is 13.8. The minimum Gasteiger partial charge on any atom is -0.497 e. The Bertz CT molecular complexity index is 2270. The molecule has 0 atom stereocenters. The molecule has 13 heteroatoms. The molecule has 0 unspecified atom stereocenters. The summed E-state index contributed by atoms with van der Waals surface area (Å²) in [6.45, 7) is 4.26. The number of rotatable bonds is 9. The second-order valence-electron chi connectivity index (χ2n) is 10.8. The molecule has 4 aromatic heterocycles. The number of nitrogens with zero attached hydrogens (tertiary/aromatic N) is 4. The van der Waals surface area contributed by atoms with E-state index in [4.69, 9.17) is 14.9 Å². The summed E-state index contributed by atoms with van der Waals surface area (Å²) in [4.78, 5) is 50.0. The second-order valence-corrected chi connectivity index (χ2v) is 11.8. The molecular weight excluding hydrogens is 618 g/mol. The summed E-state index contributed by atoms with van der Waals surface area (Å²) in [7, 11) is 3.08. The van der Waals surface area contributed by atoms with Crippen molar-refractivity contribution in [2.75, 3.05) is 31.5 Å². The number of hydrogen-bond acceptors (Lipinski definition) is 9. The number of aryl methyl sites for hydroxylation is 2. The lowest BCUT2D eigenvalue weighted by Crippen LogP contribution is -2.33. The van der Waals surface area contributed by atoms with Crippen molar-refractivity contribution in [1.29, 1.82) is 5.41 Å². The number of carbonyl (C=O) groups excluding carboxylic acids is 2. The second kappa shape index (κ2) is 13.0. The average Bonchev–Trinajstić information content (AvgIpc) is 3.46. The van der Waals surface area contributed by atoms with Crippen molar-refractivity contribution in [3.05, 3.63) is 111 Å². The topological polar surface area (TPSA) is 153 Å². The van der Waals surface area contributed by atoms with Gasteiger partial charge >= 0.3 is 0 Å². The summed E-state index contributed by atoms with van der Waals surface area (Å²) in [6, 6.07) is 19.3. The first-order valence-corrected chi connectivity index (χ1v) is 15.4. The lowest BCUT2D eigenvalue weighted by Gasteiger charge is -2.14. The van der Waals surface area contributed by atoms with Crippen molar-refractivity contribution in [1.82, 2.24) is 18.9 Å². The zero-order valence-corrected chi connectivity index (χ0v) is 26.9. The highest BCUT2D eigenvalue weighted by molar-refractivity contribution is 7.20. The molecule has 0 spiro atoms. The lowest BCUT2D eigenvalue weighted by molar-refractivity contribution is 0.101. The molecule has 3 N–H and O–H groups in total. The van der Waals surface area contributed by atoms with E-state index in [0.29, 0.717) is 27.7 Å². The Morgan fingerprint density at radius 1 is 0.915 bits per heavy atom. The first-order valence-electron chi connectivity index (χ1n) is 14.6. The number of benzene rings is 2. The van der Waals surface area contributed by atoms with Crippen molar-refractivity contribution in [3.63, 3.8) is 0 Å². The molecule has 47 heavy (non-hydrogen) atoms. The highest BCUT2D eigenvalue weighted by Gasteiger charge is 2.22. The molecule has 0 fully saturated rings. The molecule has 6 aromatic rings. The summed E-state index contributed by atoms with van der Waals surface area (Å²) in [5.74, 6) is -0.383. The summed E-state index contributed by atoms with van der Waals surface area (Å²) in [5, 5.41) is 15.5. The fourth-order valence-electron chi connectivity index (χ4n) is 5.06. The average molecular weight is 650 g/mol. The smallest absolute Gasteiger partial charge is 0.267 e. The van der Waals surface area contributed by atoms with Crippen molar-refractivity contribution in [2.24, 2.45) is 0 Å². The van der Waals surface area contributed by atoms with E-state index >= 15 is 0 Å². The number of ether oxygens (including phenoxy) is 2. The molecule has 0 saturated heterocycles. The number of thiazole rings is 1. The van der Waals surface area contributed by atoms with Crippen molar-refractivity contribution >= 4 is 50.0 Å². The molecule has 0 aliphatic carbocycles. The first kappa shape index (κ1) is 31.3. The van der Waals surface area contributed by atoms with Gasteiger partial charge in [0.15, 0.2) is 5.13 Å². The molecular formula is C34H31N7O5S. The van der Waals surface area contributed by atoms with E-state index in [2.05, 4.69) is 20.6 Å². The zero-order chi connectivity index (χ0) is 33.2. The van der Waals surface area contributed by atoms with Gasteiger partial charge < -0.3 is 19.4 Å². The van der Waals surface area contributed by atoms with Crippen molar-refractivity contribution in [3.8, 4) is 17.0 Å². The van der Waals surface area contributed by atoms with Crippen LogP contribution in [-0.2, 0) is 11.3 Å². The van der Waals surface area contributed by atoms with Gasteiger partial charge in [0.25, 0.3) is 17.4 Å². The van der Waals surface area contributed by atoms with Crippen LogP contribution in [0.4, 0.5) is 10.1 Å². The quantitative estimate of drug-likeness (QED) is 0.186. The SMILES string of the molecule is COCCn1c(=N)c(C(=O)Nc2nc(-c3ccc(C)cc3)c(NC(=O)c3ccc(OC)cc3)s2)cc2c(=O)n3cc(C)ccc3nc21. The van der Waals surface area contributed by atoms with Crippen LogP contribution in [0.3, 0.4) is 0 Å². The number of aromatic nitrogens is 4. The van der Waals surface area contributed by atoms with Gasteiger partial charge in [0, 0.05) is 31.0 Å². The zero-order valence-electron chi connectivity index (χ0n) is 26.1. The van der Waals surface area contributed by atoms with E-state index in [1.165, 1.54) is 22.1 Å². The van der Waals surface area contributed by atoms with E-state index in [9.17, 15) is 14.4 Å². The number of anilines is 2. The summed E-state index contributed by atoms with van der Waals surface area (Å²) >= 11 is 1.08. The minimum absolute atomic E-state index is 0.0454. The molecule has 12 nitrogen and oxygen atoms in total. The van der Waals surface area contributed by atoms with Gasteiger partial charge in [0.1, 0.15) is 33.2 Å². The fourth-order valence-corrected chi connectivity index (χ4v) is 5.94. The Labute approximate surface area is 272 Å². The molecule has 2 aromatic carbocycles. The molecule has 0 aliphatic heterocycles. The van der Waals surface area contributed by atoms with Gasteiger partial charge in [0.2, 0.25) is 0 Å². The Kier molecular flexibility index (Phi) is 8.66. The molecule has 0 aliphatic rings. The van der Waals surface area contributed by atoms with Gasteiger partial charge in [-0.2, -0.15) is 0 Å². The first-order chi connectivity index (χ1) is 22.7. The fraction of sp³-hybridized carbons (Fsp3) is 0.176. The highest BCUT2D eigenvalue weighted by Crippen LogP contribution is 2.36. The van der Waals surface area contributed by atoms with Crippen LogP contribution in [0.1, 0.15) is 31.8 Å². The third-order valence-electron chi connectivity index (χ3n) is 7.57. The number of methoxy groups -OCH3 is 2. The van der Waals surface area contributed by atoms with Crippen molar-refractivity contribution in [2.45, 2.75) is 20.4 Å². The molecule has 0 bridgehead atoms. The van der Waals surface area contributed by atoms with Crippen LogP contribution in [0, 0.1) is 19.3 Å². The summed E-state index contributed by atoms with van der Waals surface area (Å²) in [6.07, 6.45) is 1.68. The van der Waals surface area contributed by atoms with Gasteiger partial charge in [-0.1, -0.05) is 47.2 Å². The van der Waals surface area contributed by atoms with Gasteiger partial charge in [0.05, 0.1) is 24.7 Å². The maximum Gasteiger partial charge on any atom is 0.267 e. The largest absolute Gasteiger partial charge is 0.497 e. The number of amides is 2. The van der Waals surface area contributed by atoms with Crippen LogP contribution < -0.4 is 26.4 Å². The Morgan fingerprint density at radius 2 is 1.64 bits per heavy atom. The van der Waals surface area contributed by atoms with E-state index in [-0.39, 0.29) is 51.8 Å². The highest BCUT2D eigenvalue weighted by atomic mass is 32.1. The molecule has 0 radical (unpaired) electrons. The third-order valence-corrected chi connectivity index (χ3v) is 8.46. The van der Waals surface area contributed by atoms with E-state index < -0.39 is 5.91 Å². The molecule has 2 amide bonds. The van der Waals surface area contributed by atoms with Crippen LogP contribution in [0.2, 0.25) is 0 Å². The van der Waals surface area contributed by atoms with Crippen LogP contribution >= 0.6 is 11.3 Å².